The first-order chi connectivity index (χ1) is 8.34. The highest BCUT2D eigenvalue weighted by Gasteiger charge is 2.18. The van der Waals surface area contributed by atoms with Gasteiger partial charge in [-0.25, -0.2) is 0 Å². The molecule has 0 saturated heterocycles. The van der Waals surface area contributed by atoms with Crippen molar-refractivity contribution >= 4 is 5.57 Å². The number of fused-ring (bicyclic) bond motifs is 1. The summed E-state index contributed by atoms with van der Waals surface area (Å²) in [7, 11) is 0. The second kappa shape index (κ2) is 4.06. The van der Waals surface area contributed by atoms with Crippen molar-refractivity contribution in [3.05, 3.63) is 66.0 Å². The topological polar surface area (TPSA) is 22.1 Å². The van der Waals surface area contributed by atoms with E-state index < -0.39 is 0 Å². The Morgan fingerprint density at radius 1 is 1.06 bits per heavy atom. The fourth-order valence-corrected chi connectivity index (χ4v) is 2.10. The number of rotatable bonds is 1. The molecular formula is C15H13NO. The smallest absolute Gasteiger partial charge is 0.128 e. The molecule has 0 radical (unpaired) electrons. The minimum absolute atomic E-state index is 0.0851. The van der Waals surface area contributed by atoms with Crippen LogP contribution in [0.4, 0.5) is 0 Å². The lowest BCUT2D eigenvalue weighted by atomic mass is 9.97. The summed E-state index contributed by atoms with van der Waals surface area (Å²) in [5.41, 5.74) is 3.26. The maximum Gasteiger partial charge on any atom is 0.128 e. The van der Waals surface area contributed by atoms with Gasteiger partial charge in [0.1, 0.15) is 11.9 Å². The van der Waals surface area contributed by atoms with Crippen molar-refractivity contribution < 1.29 is 4.74 Å². The summed E-state index contributed by atoms with van der Waals surface area (Å²) in [5.74, 6) is 0.933. The molecule has 2 aromatic rings. The molecule has 0 amide bonds. The van der Waals surface area contributed by atoms with Gasteiger partial charge in [-0.05, 0) is 31.2 Å². The number of pyridine rings is 1. The lowest BCUT2D eigenvalue weighted by Gasteiger charge is -2.22. The van der Waals surface area contributed by atoms with Gasteiger partial charge in [-0.15, -0.1) is 0 Å². The molecule has 1 aliphatic rings. The zero-order valence-electron chi connectivity index (χ0n) is 9.63. The van der Waals surface area contributed by atoms with Gasteiger partial charge in [-0.2, -0.15) is 0 Å². The lowest BCUT2D eigenvalue weighted by Crippen LogP contribution is -2.15. The quantitative estimate of drug-likeness (QED) is 0.740. The normalized spacial score (nSPS) is 17.9. The monoisotopic (exact) mass is 223 g/mol. The molecule has 1 atom stereocenters. The molecule has 17 heavy (non-hydrogen) atoms. The van der Waals surface area contributed by atoms with Crippen LogP contribution >= 0.6 is 0 Å². The van der Waals surface area contributed by atoms with Crippen molar-refractivity contribution in [2.75, 3.05) is 0 Å². The van der Waals surface area contributed by atoms with E-state index in [9.17, 15) is 0 Å². The first kappa shape index (κ1) is 10.1. The van der Waals surface area contributed by atoms with Crippen LogP contribution in [0.1, 0.15) is 18.2 Å². The standard InChI is InChI=1S/C15H13NO/c1-11-10-13(14-7-4-5-9-16-14)12-6-2-3-8-15(12)17-11/h2-11H,1H3. The molecule has 1 aliphatic heterocycles. The van der Waals surface area contributed by atoms with E-state index in [-0.39, 0.29) is 6.10 Å². The second-order valence-corrected chi connectivity index (χ2v) is 4.11. The van der Waals surface area contributed by atoms with Gasteiger partial charge in [-0.1, -0.05) is 24.3 Å². The highest BCUT2D eigenvalue weighted by atomic mass is 16.5. The molecule has 1 unspecified atom stereocenters. The Morgan fingerprint density at radius 2 is 1.88 bits per heavy atom. The maximum absolute atomic E-state index is 5.78. The lowest BCUT2D eigenvalue weighted by molar-refractivity contribution is 0.265. The van der Waals surface area contributed by atoms with Crippen LogP contribution in [-0.2, 0) is 0 Å². The summed E-state index contributed by atoms with van der Waals surface area (Å²) in [6, 6.07) is 14.1. The third kappa shape index (κ3) is 1.82. The Labute approximate surface area is 101 Å². The molecule has 0 bridgehead atoms. The molecule has 0 N–H and O–H groups in total. The molecule has 0 fully saturated rings. The van der Waals surface area contributed by atoms with Crippen LogP contribution in [0.2, 0.25) is 0 Å². The Balaban J connectivity index is 2.16. The highest BCUT2D eigenvalue weighted by Crippen LogP contribution is 2.34. The fraction of sp³-hybridized carbons (Fsp3) is 0.133. The van der Waals surface area contributed by atoms with Crippen LogP contribution in [0.25, 0.3) is 5.57 Å². The zero-order chi connectivity index (χ0) is 11.7. The van der Waals surface area contributed by atoms with Crippen LogP contribution < -0.4 is 4.74 Å². The SMILES string of the molecule is CC1C=C(c2ccccn2)c2ccccc2O1. The first-order valence-corrected chi connectivity index (χ1v) is 5.74. The molecular weight excluding hydrogens is 210 g/mol. The van der Waals surface area contributed by atoms with E-state index in [4.69, 9.17) is 4.74 Å². The summed E-state index contributed by atoms with van der Waals surface area (Å²) in [5, 5.41) is 0. The summed E-state index contributed by atoms with van der Waals surface area (Å²) in [4.78, 5) is 4.41. The zero-order valence-corrected chi connectivity index (χ0v) is 9.63. The van der Waals surface area contributed by atoms with E-state index in [1.54, 1.807) is 0 Å². The van der Waals surface area contributed by atoms with Crippen LogP contribution in [0.15, 0.2) is 54.7 Å². The molecule has 2 heterocycles. The third-order valence-electron chi connectivity index (χ3n) is 2.83. The predicted molar refractivity (Wildman–Crippen MR) is 67.8 cm³/mol. The van der Waals surface area contributed by atoms with Crippen molar-refractivity contribution in [2.24, 2.45) is 0 Å². The van der Waals surface area contributed by atoms with E-state index in [2.05, 4.69) is 17.1 Å². The average Bonchev–Trinajstić information content (AvgIpc) is 2.39. The van der Waals surface area contributed by atoms with Gasteiger partial charge < -0.3 is 4.74 Å². The summed E-state index contributed by atoms with van der Waals surface area (Å²) in [6.45, 7) is 2.04. The van der Waals surface area contributed by atoms with E-state index in [0.29, 0.717) is 0 Å². The van der Waals surface area contributed by atoms with Crippen LogP contribution in [-0.4, -0.2) is 11.1 Å². The van der Waals surface area contributed by atoms with Crippen molar-refractivity contribution in [2.45, 2.75) is 13.0 Å². The highest BCUT2D eigenvalue weighted by molar-refractivity contribution is 5.82. The predicted octanol–water partition coefficient (Wildman–Crippen LogP) is 3.29. The summed E-state index contributed by atoms with van der Waals surface area (Å²) in [6.07, 6.45) is 4.02. The third-order valence-corrected chi connectivity index (χ3v) is 2.83. The molecule has 1 aromatic carbocycles. The Hall–Kier alpha value is -2.09. The van der Waals surface area contributed by atoms with Crippen molar-refractivity contribution in [1.29, 1.82) is 0 Å². The van der Waals surface area contributed by atoms with Gasteiger partial charge in [0, 0.05) is 17.3 Å². The number of hydrogen-bond acceptors (Lipinski definition) is 2. The molecule has 1 aromatic heterocycles. The number of ether oxygens (including phenoxy) is 1. The molecule has 2 nitrogen and oxygen atoms in total. The molecule has 0 spiro atoms. The van der Waals surface area contributed by atoms with Crippen LogP contribution in [0, 0.1) is 0 Å². The maximum atomic E-state index is 5.78. The largest absolute Gasteiger partial charge is 0.486 e. The summed E-state index contributed by atoms with van der Waals surface area (Å²) >= 11 is 0. The summed E-state index contributed by atoms with van der Waals surface area (Å²) < 4.78 is 5.78. The van der Waals surface area contributed by atoms with Gasteiger partial charge in [0.15, 0.2) is 0 Å². The van der Waals surface area contributed by atoms with Crippen LogP contribution in [0.3, 0.4) is 0 Å². The Bertz CT molecular complexity index is 560. The van der Waals surface area contributed by atoms with E-state index >= 15 is 0 Å². The molecule has 0 aliphatic carbocycles. The molecule has 2 heteroatoms. The van der Waals surface area contributed by atoms with E-state index in [1.807, 2.05) is 49.5 Å². The van der Waals surface area contributed by atoms with E-state index in [0.717, 1.165) is 22.6 Å². The average molecular weight is 223 g/mol. The molecule has 84 valence electrons. The first-order valence-electron chi connectivity index (χ1n) is 5.74. The Morgan fingerprint density at radius 3 is 2.71 bits per heavy atom. The van der Waals surface area contributed by atoms with Gasteiger partial charge >= 0.3 is 0 Å². The van der Waals surface area contributed by atoms with Gasteiger partial charge in [0.25, 0.3) is 0 Å². The number of benzene rings is 1. The Kier molecular flexibility index (Phi) is 2.41. The minimum atomic E-state index is 0.0851. The second-order valence-electron chi connectivity index (χ2n) is 4.11. The van der Waals surface area contributed by atoms with E-state index in [1.165, 1.54) is 0 Å². The molecule has 0 saturated carbocycles. The van der Waals surface area contributed by atoms with Crippen molar-refractivity contribution in [3.8, 4) is 5.75 Å². The van der Waals surface area contributed by atoms with Crippen LogP contribution in [0.5, 0.6) is 5.75 Å². The van der Waals surface area contributed by atoms with Gasteiger partial charge in [-0.3, -0.25) is 4.98 Å². The van der Waals surface area contributed by atoms with Crippen molar-refractivity contribution in [1.82, 2.24) is 4.98 Å². The number of hydrogen-bond donors (Lipinski definition) is 0. The number of nitrogens with zero attached hydrogens (tertiary/aromatic N) is 1. The van der Waals surface area contributed by atoms with Gasteiger partial charge in [0.2, 0.25) is 0 Å². The van der Waals surface area contributed by atoms with Gasteiger partial charge in [0.05, 0.1) is 5.69 Å². The minimum Gasteiger partial charge on any atom is -0.486 e. The number of para-hydroxylation sites is 1. The van der Waals surface area contributed by atoms with Crippen molar-refractivity contribution in [3.63, 3.8) is 0 Å². The number of aromatic nitrogens is 1. The fourth-order valence-electron chi connectivity index (χ4n) is 2.10. The molecule has 3 rings (SSSR count).